The number of nitro benzene ring substituents is 1. The third kappa shape index (κ3) is 4.14. The number of benzene rings is 2. The summed E-state index contributed by atoms with van der Waals surface area (Å²) < 4.78 is 39.8. The third-order valence-electron chi connectivity index (χ3n) is 3.83. The van der Waals surface area contributed by atoms with Crippen LogP contribution in [0.1, 0.15) is 18.1 Å². The molecule has 2 aromatic carbocycles. The van der Waals surface area contributed by atoms with Crippen molar-refractivity contribution < 1.29 is 18.1 Å². The number of hydrazone groups is 1. The highest BCUT2D eigenvalue weighted by atomic mass is 19.4. The third-order valence-corrected chi connectivity index (χ3v) is 3.83. The minimum Gasteiger partial charge on any atom is -0.271 e. The van der Waals surface area contributed by atoms with Gasteiger partial charge in [-0.3, -0.25) is 15.5 Å². The summed E-state index contributed by atoms with van der Waals surface area (Å²) in [5.41, 5.74) is 2.48. The van der Waals surface area contributed by atoms with Gasteiger partial charge in [0, 0.05) is 6.07 Å². The highest BCUT2D eigenvalue weighted by Gasteiger charge is 2.33. The van der Waals surface area contributed by atoms with Crippen LogP contribution in [-0.4, -0.2) is 25.4 Å². The van der Waals surface area contributed by atoms with Crippen LogP contribution in [0, 0.1) is 10.1 Å². The van der Waals surface area contributed by atoms with E-state index in [1.807, 2.05) is 0 Å². The Hall–Kier alpha value is -3.76. The number of alkyl halides is 3. The molecule has 0 fully saturated rings. The van der Waals surface area contributed by atoms with Gasteiger partial charge in [0.25, 0.3) is 5.69 Å². The Morgan fingerprint density at radius 3 is 2.50 bits per heavy atom. The number of halogens is 3. The molecule has 0 aliphatic rings. The molecular formula is C17H13F3N6O2. The van der Waals surface area contributed by atoms with Crippen molar-refractivity contribution in [1.82, 2.24) is 14.8 Å². The lowest BCUT2D eigenvalue weighted by Crippen LogP contribution is -2.07. The largest absolute Gasteiger partial charge is 0.416 e. The minimum atomic E-state index is -4.67. The van der Waals surface area contributed by atoms with E-state index in [2.05, 4.69) is 20.6 Å². The van der Waals surface area contributed by atoms with Crippen LogP contribution in [0.5, 0.6) is 0 Å². The van der Waals surface area contributed by atoms with E-state index in [0.717, 1.165) is 17.8 Å². The second-order valence-corrected chi connectivity index (χ2v) is 5.68. The molecule has 3 rings (SSSR count). The summed E-state index contributed by atoms with van der Waals surface area (Å²) in [4.78, 5) is 14.1. The summed E-state index contributed by atoms with van der Waals surface area (Å²) in [6.45, 7) is 1.66. The SMILES string of the molecule is C/C(=N\Nc1ccc(C(F)(F)F)cc1[N+](=O)[O-])c1ccc(-n2cncn2)cc1. The van der Waals surface area contributed by atoms with Crippen LogP contribution in [0.2, 0.25) is 0 Å². The lowest BCUT2D eigenvalue weighted by atomic mass is 10.1. The number of rotatable bonds is 5. The molecule has 1 heterocycles. The van der Waals surface area contributed by atoms with Crippen molar-refractivity contribution in [3.05, 3.63) is 76.4 Å². The molecule has 0 atom stereocenters. The highest BCUT2D eigenvalue weighted by Crippen LogP contribution is 2.35. The second-order valence-electron chi connectivity index (χ2n) is 5.68. The van der Waals surface area contributed by atoms with Crippen LogP contribution in [0.25, 0.3) is 5.69 Å². The molecule has 28 heavy (non-hydrogen) atoms. The van der Waals surface area contributed by atoms with Gasteiger partial charge in [-0.2, -0.15) is 23.4 Å². The molecule has 144 valence electrons. The van der Waals surface area contributed by atoms with Crippen LogP contribution >= 0.6 is 0 Å². The summed E-state index contributed by atoms with van der Waals surface area (Å²) in [7, 11) is 0. The van der Waals surface area contributed by atoms with Gasteiger partial charge in [-0.25, -0.2) is 9.67 Å². The summed E-state index contributed by atoms with van der Waals surface area (Å²) in [6, 6.07) is 9.29. The first-order valence-corrected chi connectivity index (χ1v) is 7.87. The van der Waals surface area contributed by atoms with Gasteiger partial charge < -0.3 is 0 Å². The number of anilines is 1. The number of hydrogen-bond donors (Lipinski definition) is 1. The van der Waals surface area contributed by atoms with E-state index >= 15 is 0 Å². The van der Waals surface area contributed by atoms with Crippen LogP contribution in [0.4, 0.5) is 24.5 Å². The molecule has 0 radical (unpaired) electrons. The lowest BCUT2D eigenvalue weighted by molar-refractivity contribution is -0.384. The van der Waals surface area contributed by atoms with Crippen LogP contribution in [-0.2, 0) is 6.18 Å². The number of nitrogens with one attached hydrogen (secondary N) is 1. The smallest absolute Gasteiger partial charge is 0.271 e. The fourth-order valence-corrected chi connectivity index (χ4v) is 2.36. The van der Waals surface area contributed by atoms with Gasteiger partial charge in [0.1, 0.15) is 18.3 Å². The average molecular weight is 390 g/mol. The predicted molar refractivity (Wildman–Crippen MR) is 95.3 cm³/mol. The van der Waals surface area contributed by atoms with Gasteiger partial charge in [0.05, 0.1) is 21.9 Å². The maximum atomic E-state index is 12.8. The number of nitrogens with zero attached hydrogens (tertiary/aromatic N) is 5. The lowest BCUT2D eigenvalue weighted by Gasteiger charge is -2.09. The second kappa shape index (κ2) is 7.47. The molecule has 0 bridgehead atoms. The molecular weight excluding hydrogens is 377 g/mol. The van der Waals surface area contributed by atoms with Gasteiger partial charge in [0.15, 0.2) is 0 Å². The van der Waals surface area contributed by atoms with E-state index in [1.54, 1.807) is 42.2 Å². The standard InChI is InChI=1S/C17H13F3N6O2/c1-11(12-2-5-14(6-3-12)25-10-21-9-22-25)23-24-15-7-4-13(17(18,19)20)8-16(15)26(27)28/h2-10,24H,1H3/b23-11+. The summed E-state index contributed by atoms with van der Waals surface area (Å²) in [6.07, 6.45) is -1.73. The number of nitro groups is 1. The first-order chi connectivity index (χ1) is 13.3. The van der Waals surface area contributed by atoms with E-state index in [0.29, 0.717) is 17.3 Å². The fourth-order valence-electron chi connectivity index (χ4n) is 2.36. The van der Waals surface area contributed by atoms with Gasteiger partial charge in [0.2, 0.25) is 0 Å². The van der Waals surface area contributed by atoms with Crippen molar-refractivity contribution in [2.45, 2.75) is 13.1 Å². The number of aromatic nitrogens is 3. The first-order valence-electron chi connectivity index (χ1n) is 7.87. The average Bonchev–Trinajstić information content (AvgIpc) is 3.20. The van der Waals surface area contributed by atoms with Crippen LogP contribution < -0.4 is 5.43 Å². The zero-order valence-electron chi connectivity index (χ0n) is 14.4. The maximum absolute atomic E-state index is 12.8. The molecule has 8 nitrogen and oxygen atoms in total. The van der Waals surface area contributed by atoms with Crippen molar-refractivity contribution in [2.75, 3.05) is 5.43 Å². The van der Waals surface area contributed by atoms with Crippen molar-refractivity contribution in [3.8, 4) is 5.69 Å². The van der Waals surface area contributed by atoms with E-state index in [4.69, 9.17) is 0 Å². The molecule has 0 amide bonds. The zero-order valence-corrected chi connectivity index (χ0v) is 14.4. The molecule has 0 aliphatic heterocycles. The Balaban J connectivity index is 1.82. The zero-order chi connectivity index (χ0) is 20.3. The quantitative estimate of drug-likeness (QED) is 0.403. The first kappa shape index (κ1) is 19.0. The Bertz CT molecular complexity index is 1010. The summed E-state index contributed by atoms with van der Waals surface area (Å²) >= 11 is 0. The van der Waals surface area contributed by atoms with E-state index in [1.165, 1.54) is 6.33 Å². The van der Waals surface area contributed by atoms with Gasteiger partial charge >= 0.3 is 6.18 Å². The van der Waals surface area contributed by atoms with E-state index < -0.39 is 22.4 Å². The molecule has 0 spiro atoms. The maximum Gasteiger partial charge on any atom is 0.416 e. The van der Waals surface area contributed by atoms with Crippen LogP contribution in [0.3, 0.4) is 0 Å². The van der Waals surface area contributed by atoms with Gasteiger partial charge in [-0.15, -0.1) is 0 Å². The summed E-state index contributed by atoms with van der Waals surface area (Å²) in [5.74, 6) is 0. The molecule has 1 aromatic heterocycles. The molecule has 0 saturated heterocycles. The van der Waals surface area contributed by atoms with Crippen molar-refractivity contribution in [3.63, 3.8) is 0 Å². The van der Waals surface area contributed by atoms with Gasteiger partial charge in [-0.1, -0.05) is 12.1 Å². The molecule has 3 aromatic rings. The normalized spacial score (nSPS) is 12.1. The Labute approximate surface area is 156 Å². The predicted octanol–water partition coefficient (Wildman–Crippen LogP) is 4.03. The molecule has 0 aliphatic carbocycles. The Morgan fingerprint density at radius 2 is 1.93 bits per heavy atom. The fraction of sp³-hybridized carbons (Fsp3) is 0.118. The van der Waals surface area contributed by atoms with Crippen LogP contribution in [0.15, 0.2) is 60.2 Å². The van der Waals surface area contributed by atoms with E-state index in [-0.39, 0.29) is 5.69 Å². The highest BCUT2D eigenvalue weighted by molar-refractivity contribution is 5.99. The van der Waals surface area contributed by atoms with E-state index in [9.17, 15) is 23.3 Å². The molecule has 11 heteroatoms. The van der Waals surface area contributed by atoms with Crippen molar-refractivity contribution in [2.24, 2.45) is 5.10 Å². The van der Waals surface area contributed by atoms with Gasteiger partial charge in [-0.05, 0) is 36.8 Å². The Morgan fingerprint density at radius 1 is 1.21 bits per heavy atom. The van der Waals surface area contributed by atoms with Crippen molar-refractivity contribution in [1.29, 1.82) is 0 Å². The molecule has 0 saturated carbocycles. The number of hydrogen-bond acceptors (Lipinski definition) is 6. The monoisotopic (exact) mass is 390 g/mol. The molecule has 0 unspecified atom stereocenters. The molecule has 1 N–H and O–H groups in total. The Kier molecular flexibility index (Phi) is 5.07. The van der Waals surface area contributed by atoms with Crippen molar-refractivity contribution >= 4 is 17.1 Å². The topological polar surface area (TPSA) is 98.2 Å². The summed E-state index contributed by atoms with van der Waals surface area (Å²) in [5, 5.41) is 19.1. The minimum absolute atomic E-state index is 0.142.